The maximum atomic E-state index is 10.7. The summed E-state index contributed by atoms with van der Waals surface area (Å²) in [5.74, 6) is 0.452. The predicted molar refractivity (Wildman–Crippen MR) is 47.5 cm³/mol. The second-order valence-electron chi connectivity index (χ2n) is 2.67. The molecule has 6 heteroatoms. The number of hydrogen-bond donors (Lipinski definition) is 1. The lowest BCUT2D eigenvalue weighted by Gasteiger charge is -2.01. The lowest BCUT2D eigenvalue weighted by atomic mass is 10.4. The molecule has 0 bridgehead atoms. The Kier molecular flexibility index (Phi) is 4.63. The van der Waals surface area contributed by atoms with Gasteiger partial charge in [-0.1, -0.05) is 5.16 Å². The van der Waals surface area contributed by atoms with Gasteiger partial charge in [-0.3, -0.25) is 4.79 Å². The van der Waals surface area contributed by atoms with Gasteiger partial charge in [0.15, 0.2) is 5.82 Å². The van der Waals surface area contributed by atoms with Crippen molar-refractivity contribution >= 4 is 5.97 Å². The first-order valence-electron chi connectivity index (χ1n) is 4.35. The van der Waals surface area contributed by atoms with Crippen molar-refractivity contribution in [3.05, 3.63) is 12.2 Å². The topological polar surface area (TPSA) is 77.2 Å². The van der Waals surface area contributed by atoms with Crippen molar-refractivity contribution in [2.75, 3.05) is 20.2 Å². The first-order chi connectivity index (χ1) is 6.83. The molecule has 0 radical (unpaired) electrons. The van der Waals surface area contributed by atoms with Crippen LogP contribution in [0.1, 0.15) is 12.2 Å². The van der Waals surface area contributed by atoms with Crippen molar-refractivity contribution in [2.24, 2.45) is 0 Å². The molecule has 1 heterocycles. The van der Waals surface area contributed by atoms with Crippen LogP contribution < -0.4 is 5.32 Å². The third kappa shape index (κ3) is 3.99. The number of nitrogens with one attached hydrogen (secondary N) is 1. The summed E-state index contributed by atoms with van der Waals surface area (Å²) in [5, 5.41) is 6.71. The quantitative estimate of drug-likeness (QED) is 0.503. The maximum Gasteiger partial charge on any atom is 0.306 e. The molecular formula is C8H13N3O3. The summed E-state index contributed by atoms with van der Waals surface area (Å²) in [7, 11) is 1.38. The van der Waals surface area contributed by atoms with E-state index in [9.17, 15) is 4.79 Å². The molecule has 1 aromatic heterocycles. The van der Waals surface area contributed by atoms with Crippen molar-refractivity contribution in [1.29, 1.82) is 0 Å². The zero-order valence-electron chi connectivity index (χ0n) is 8.02. The number of ether oxygens (including phenoxy) is 1. The van der Waals surface area contributed by atoms with Gasteiger partial charge in [0, 0.05) is 19.5 Å². The first kappa shape index (κ1) is 10.6. The molecule has 0 atom stereocenters. The fourth-order valence-electron chi connectivity index (χ4n) is 0.920. The summed E-state index contributed by atoms with van der Waals surface area (Å²) in [5.41, 5.74) is 0. The molecule has 1 N–H and O–H groups in total. The van der Waals surface area contributed by atoms with Crippen LogP contribution >= 0.6 is 0 Å². The summed E-state index contributed by atoms with van der Waals surface area (Å²) in [6.45, 7) is 1.32. The Morgan fingerprint density at radius 1 is 1.64 bits per heavy atom. The molecule has 0 aliphatic heterocycles. The monoisotopic (exact) mass is 199 g/mol. The van der Waals surface area contributed by atoms with Gasteiger partial charge in [0.05, 0.1) is 13.5 Å². The molecular weight excluding hydrogens is 186 g/mol. The lowest BCUT2D eigenvalue weighted by molar-refractivity contribution is -0.140. The molecule has 0 unspecified atom stereocenters. The van der Waals surface area contributed by atoms with E-state index in [2.05, 4.69) is 24.7 Å². The minimum atomic E-state index is -0.211. The van der Waals surface area contributed by atoms with Crippen LogP contribution in [0.25, 0.3) is 0 Å². The zero-order chi connectivity index (χ0) is 10.2. The molecule has 0 aliphatic rings. The SMILES string of the molecule is COC(=O)CCNCCc1ncon1. The molecule has 0 spiro atoms. The number of nitrogens with zero attached hydrogens (tertiary/aromatic N) is 2. The number of carbonyl (C=O) groups is 1. The van der Waals surface area contributed by atoms with Crippen LogP contribution in [-0.4, -0.2) is 36.3 Å². The standard InChI is InChI=1S/C8H13N3O3/c1-13-8(12)3-5-9-4-2-7-10-6-14-11-7/h6,9H,2-5H2,1H3. The smallest absolute Gasteiger partial charge is 0.306 e. The molecule has 0 saturated carbocycles. The van der Waals surface area contributed by atoms with E-state index in [0.29, 0.717) is 25.2 Å². The van der Waals surface area contributed by atoms with E-state index < -0.39 is 0 Å². The number of hydrogen-bond acceptors (Lipinski definition) is 6. The Balaban J connectivity index is 1.97. The Morgan fingerprint density at radius 3 is 3.14 bits per heavy atom. The van der Waals surface area contributed by atoms with Crippen molar-refractivity contribution in [1.82, 2.24) is 15.5 Å². The number of methoxy groups -OCH3 is 1. The largest absolute Gasteiger partial charge is 0.469 e. The van der Waals surface area contributed by atoms with Crippen molar-refractivity contribution < 1.29 is 14.1 Å². The number of aromatic nitrogens is 2. The molecule has 0 fully saturated rings. The predicted octanol–water partition coefficient (Wildman–Crippen LogP) is -0.235. The molecule has 0 aromatic carbocycles. The molecule has 1 rings (SSSR count). The molecule has 1 aromatic rings. The van der Waals surface area contributed by atoms with Crippen LogP contribution in [0.2, 0.25) is 0 Å². The Morgan fingerprint density at radius 2 is 2.50 bits per heavy atom. The molecule has 78 valence electrons. The highest BCUT2D eigenvalue weighted by Gasteiger charge is 2.00. The van der Waals surface area contributed by atoms with Crippen LogP contribution in [0.4, 0.5) is 0 Å². The third-order valence-electron chi connectivity index (χ3n) is 1.67. The minimum Gasteiger partial charge on any atom is -0.469 e. The van der Waals surface area contributed by atoms with Gasteiger partial charge in [-0.2, -0.15) is 4.98 Å². The van der Waals surface area contributed by atoms with E-state index in [1.807, 2.05) is 0 Å². The van der Waals surface area contributed by atoms with E-state index in [0.717, 1.165) is 6.54 Å². The van der Waals surface area contributed by atoms with Crippen molar-refractivity contribution in [3.8, 4) is 0 Å². The normalized spacial score (nSPS) is 10.1. The number of esters is 1. The Labute approximate surface area is 81.6 Å². The number of rotatable bonds is 6. The fourth-order valence-corrected chi connectivity index (χ4v) is 0.920. The summed E-state index contributed by atoms with van der Waals surface area (Å²) in [4.78, 5) is 14.6. The average molecular weight is 199 g/mol. The van der Waals surface area contributed by atoms with Gasteiger partial charge in [-0.15, -0.1) is 0 Å². The van der Waals surface area contributed by atoms with Gasteiger partial charge < -0.3 is 14.6 Å². The van der Waals surface area contributed by atoms with E-state index in [1.165, 1.54) is 13.5 Å². The van der Waals surface area contributed by atoms with Crippen LogP contribution in [0, 0.1) is 0 Å². The average Bonchev–Trinajstić information content (AvgIpc) is 2.69. The van der Waals surface area contributed by atoms with Crippen molar-refractivity contribution in [2.45, 2.75) is 12.8 Å². The van der Waals surface area contributed by atoms with Crippen LogP contribution in [0.5, 0.6) is 0 Å². The molecule has 0 amide bonds. The molecule has 0 saturated heterocycles. The van der Waals surface area contributed by atoms with Gasteiger partial charge >= 0.3 is 5.97 Å². The highest BCUT2D eigenvalue weighted by molar-refractivity contribution is 5.69. The highest BCUT2D eigenvalue weighted by atomic mass is 16.5. The fraction of sp³-hybridized carbons (Fsp3) is 0.625. The molecule has 14 heavy (non-hydrogen) atoms. The van der Waals surface area contributed by atoms with E-state index in [-0.39, 0.29) is 5.97 Å². The Hall–Kier alpha value is -1.43. The first-order valence-corrected chi connectivity index (χ1v) is 4.35. The lowest BCUT2D eigenvalue weighted by Crippen LogP contribution is -2.21. The third-order valence-corrected chi connectivity index (χ3v) is 1.67. The van der Waals surface area contributed by atoms with Crippen molar-refractivity contribution in [3.63, 3.8) is 0 Å². The second-order valence-corrected chi connectivity index (χ2v) is 2.67. The minimum absolute atomic E-state index is 0.211. The summed E-state index contributed by atoms with van der Waals surface area (Å²) < 4.78 is 9.05. The summed E-state index contributed by atoms with van der Waals surface area (Å²) in [6, 6.07) is 0. The second kappa shape index (κ2) is 6.09. The van der Waals surface area contributed by atoms with E-state index in [1.54, 1.807) is 0 Å². The summed E-state index contributed by atoms with van der Waals surface area (Å²) in [6.07, 6.45) is 2.37. The van der Waals surface area contributed by atoms with Gasteiger partial charge in [0.2, 0.25) is 6.39 Å². The Bertz CT molecular complexity index is 261. The van der Waals surface area contributed by atoms with Crippen LogP contribution in [0.3, 0.4) is 0 Å². The molecule has 0 aliphatic carbocycles. The van der Waals surface area contributed by atoms with Gasteiger partial charge in [0.25, 0.3) is 0 Å². The summed E-state index contributed by atoms with van der Waals surface area (Å²) >= 11 is 0. The van der Waals surface area contributed by atoms with Crippen LogP contribution in [0.15, 0.2) is 10.9 Å². The zero-order valence-corrected chi connectivity index (χ0v) is 8.02. The highest BCUT2D eigenvalue weighted by Crippen LogP contribution is 1.88. The maximum absolute atomic E-state index is 10.7. The van der Waals surface area contributed by atoms with Gasteiger partial charge in [0.1, 0.15) is 0 Å². The van der Waals surface area contributed by atoms with E-state index >= 15 is 0 Å². The van der Waals surface area contributed by atoms with Gasteiger partial charge in [-0.25, -0.2) is 0 Å². The number of carbonyl (C=O) groups excluding carboxylic acids is 1. The van der Waals surface area contributed by atoms with Crippen LogP contribution in [-0.2, 0) is 16.0 Å². The molecule has 6 nitrogen and oxygen atoms in total. The van der Waals surface area contributed by atoms with Gasteiger partial charge in [-0.05, 0) is 0 Å². The van der Waals surface area contributed by atoms with E-state index in [4.69, 9.17) is 0 Å².